The number of carbonyl (C=O) groups excluding carboxylic acids is 2. The molecule has 7 heteroatoms. The Hall–Kier alpha value is -3.16. The smallest absolute Gasteiger partial charge is 0.306 e. The first-order valence-corrected chi connectivity index (χ1v) is 14.1. The van der Waals surface area contributed by atoms with Crippen molar-refractivity contribution in [2.75, 3.05) is 19.6 Å². The van der Waals surface area contributed by atoms with Crippen LogP contribution in [0.4, 0.5) is 0 Å². The van der Waals surface area contributed by atoms with E-state index in [2.05, 4.69) is 39.5 Å². The Morgan fingerprint density at radius 2 is 1.89 bits per heavy atom. The van der Waals surface area contributed by atoms with Crippen molar-refractivity contribution in [2.24, 2.45) is 17.8 Å². The number of nitrogens with zero attached hydrogens (tertiary/aromatic N) is 1. The number of fused-ring (bicyclic) bond motifs is 6. The van der Waals surface area contributed by atoms with Crippen LogP contribution in [0.15, 0.2) is 54.6 Å². The third kappa shape index (κ3) is 4.97. The number of hydrogen-bond donors (Lipinski definition) is 3. The number of aliphatic hydroxyl groups is 1. The van der Waals surface area contributed by atoms with Crippen LogP contribution in [0, 0.1) is 17.8 Å². The summed E-state index contributed by atoms with van der Waals surface area (Å²) in [5.74, 6) is -0.182. The zero-order valence-electron chi connectivity index (χ0n) is 21.8. The molecule has 0 bridgehead atoms. The molecule has 3 aromatic rings. The molecule has 0 spiro atoms. The van der Waals surface area contributed by atoms with E-state index in [0.717, 1.165) is 37.9 Å². The lowest BCUT2D eigenvalue weighted by Crippen LogP contribution is -2.54. The third-order valence-corrected chi connectivity index (χ3v) is 8.95. The molecule has 1 aliphatic carbocycles. The van der Waals surface area contributed by atoms with Crippen LogP contribution in [0.2, 0.25) is 0 Å². The van der Waals surface area contributed by atoms with E-state index in [0.29, 0.717) is 25.3 Å². The van der Waals surface area contributed by atoms with E-state index in [1.807, 2.05) is 30.3 Å². The minimum atomic E-state index is -0.621. The number of piperidine rings is 1. The number of aromatic nitrogens is 1. The van der Waals surface area contributed by atoms with Crippen molar-refractivity contribution in [3.05, 3.63) is 71.4 Å². The van der Waals surface area contributed by atoms with Gasteiger partial charge in [-0.3, -0.25) is 14.5 Å². The first-order chi connectivity index (χ1) is 18.6. The topological polar surface area (TPSA) is 94.7 Å². The average Bonchev–Trinajstić information content (AvgIpc) is 3.33. The fourth-order valence-electron chi connectivity index (χ4n) is 7.08. The highest BCUT2D eigenvalue weighted by molar-refractivity contribution is 5.85. The van der Waals surface area contributed by atoms with E-state index < -0.39 is 12.0 Å². The maximum absolute atomic E-state index is 13.4. The van der Waals surface area contributed by atoms with Crippen molar-refractivity contribution >= 4 is 22.8 Å². The van der Waals surface area contributed by atoms with Gasteiger partial charge in [0.1, 0.15) is 6.61 Å². The summed E-state index contributed by atoms with van der Waals surface area (Å²) in [5.41, 5.74) is 4.85. The van der Waals surface area contributed by atoms with Crippen LogP contribution in [0.25, 0.3) is 10.9 Å². The van der Waals surface area contributed by atoms with Crippen LogP contribution in [0.1, 0.15) is 55.0 Å². The molecule has 2 fully saturated rings. The predicted molar refractivity (Wildman–Crippen MR) is 145 cm³/mol. The number of ether oxygens (including phenoxy) is 1. The molecule has 5 atom stereocenters. The van der Waals surface area contributed by atoms with Gasteiger partial charge in [-0.05, 0) is 61.1 Å². The summed E-state index contributed by atoms with van der Waals surface area (Å²) in [6, 6.07) is 18.4. The monoisotopic (exact) mass is 515 g/mol. The lowest BCUT2D eigenvalue weighted by Gasteiger charge is -2.51. The molecule has 2 aliphatic heterocycles. The number of H-pyrrole nitrogens is 1. The largest absolute Gasteiger partial charge is 0.461 e. The zero-order chi connectivity index (χ0) is 26.1. The highest BCUT2D eigenvalue weighted by Crippen LogP contribution is 2.49. The van der Waals surface area contributed by atoms with Gasteiger partial charge in [0.05, 0.1) is 18.1 Å². The van der Waals surface area contributed by atoms with Gasteiger partial charge in [0, 0.05) is 42.7 Å². The van der Waals surface area contributed by atoms with Gasteiger partial charge in [-0.2, -0.15) is 0 Å². The van der Waals surface area contributed by atoms with Crippen molar-refractivity contribution in [2.45, 2.75) is 57.3 Å². The van der Waals surface area contributed by atoms with Crippen LogP contribution in [0.3, 0.4) is 0 Å². The molecule has 3 heterocycles. The quantitative estimate of drug-likeness (QED) is 0.325. The molecule has 2 aromatic carbocycles. The fraction of sp³-hybridized carbons (Fsp3) is 0.484. The summed E-state index contributed by atoms with van der Waals surface area (Å²) in [4.78, 5) is 31.8. The minimum Gasteiger partial charge on any atom is -0.461 e. The third-order valence-electron chi connectivity index (χ3n) is 8.95. The van der Waals surface area contributed by atoms with E-state index in [1.54, 1.807) is 0 Å². The summed E-state index contributed by atoms with van der Waals surface area (Å²) < 4.78 is 5.34. The van der Waals surface area contributed by atoms with Gasteiger partial charge >= 0.3 is 5.97 Å². The molecule has 6 rings (SSSR count). The molecule has 3 N–H and O–H groups in total. The standard InChI is InChI=1S/C31H37N3O4/c35-27-13-12-21-18-34-16-14-23-22-9-4-5-10-25(22)33-30(23)26(34)17-24(21)29(27)31(37)32-15-6-11-28(36)38-19-20-7-2-1-3-8-20/h1-5,7-10,21,24,26-27,29,33,35H,6,11-19H2,(H,32,37)/t21-,24-,26-,27-,29?/m0/s1. The SMILES string of the molecule is O=C(CCCNC(=O)C1[C@H]2C[C@H]3c4[nH]c5ccccc5c4CCN3C[C@@H]2CC[C@@H]1O)OCc1ccccc1. The number of benzene rings is 2. The van der Waals surface area contributed by atoms with Crippen LogP contribution >= 0.6 is 0 Å². The Morgan fingerprint density at radius 3 is 2.76 bits per heavy atom. The molecule has 7 nitrogen and oxygen atoms in total. The van der Waals surface area contributed by atoms with Crippen molar-refractivity contribution < 1.29 is 19.4 Å². The van der Waals surface area contributed by atoms with Crippen molar-refractivity contribution in [1.82, 2.24) is 15.2 Å². The van der Waals surface area contributed by atoms with E-state index in [-0.39, 0.29) is 36.9 Å². The van der Waals surface area contributed by atoms with Crippen LogP contribution < -0.4 is 5.32 Å². The molecule has 1 amide bonds. The first-order valence-electron chi connectivity index (χ1n) is 14.1. The van der Waals surface area contributed by atoms with Crippen LogP contribution in [0.5, 0.6) is 0 Å². The molecule has 1 unspecified atom stereocenters. The summed E-state index contributed by atoms with van der Waals surface area (Å²) >= 11 is 0. The summed E-state index contributed by atoms with van der Waals surface area (Å²) in [5, 5.41) is 15.3. The van der Waals surface area contributed by atoms with Gasteiger partial charge in [-0.25, -0.2) is 0 Å². The number of hydrogen-bond acceptors (Lipinski definition) is 5. The predicted octanol–water partition coefficient (Wildman–Crippen LogP) is 4.11. The fourth-order valence-corrected chi connectivity index (χ4v) is 7.08. The Labute approximate surface area is 223 Å². The lowest BCUT2D eigenvalue weighted by molar-refractivity contribution is -0.145. The average molecular weight is 516 g/mol. The van der Waals surface area contributed by atoms with Crippen molar-refractivity contribution in [3.63, 3.8) is 0 Å². The van der Waals surface area contributed by atoms with E-state index >= 15 is 0 Å². The van der Waals surface area contributed by atoms with E-state index in [1.165, 1.54) is 22.2 Å². The van der Waals surface area contributed by atoms with Gasteiger partial charge in [0.15, 0.2) is 0 Å². The molecule has 38 heavy (non-hydrogen) atoms. The van der Waals surface area contributed by atoms with Crippen LogP contribution in [-0.2, 0) is 27.4 Å². The van der Waals surface area contributed by atoms with Gasteiger partial charge in [-0.1, -0.05) is 48.5 Å². The Kier molecular flexibility index (Phi) is 7.22. The molecule has 1 saturated heterocycles. The highest BCUT2D eigenvalue weighted by Gasteiger charge is 2.49. The molecule has 200 valence electrons. The Balaban J connectivity index is 1.06. The maximum atomic E-state index is 13.4. The number of amides is 1. The number of rotatable bonds is 7. The maximum Gasteiger partial charge on any atom is 0.306 e. The second-order valence-electron chi connectivity index (χ2n) is 11.2. The van der Waals surface area contributed by atoms with Gasteiger partial charge in [0.2, 0.25) is 5.91 Å². The Morgan fingerprint density at radius 1 is 1.08 bits per heavy atom. The zero-order valence-corrected chi connectivity index (χ0v) is 21.8. The molecule has 1 saturated carbocycles. The summed E-state index contributed by atoms with van der Waals surface area (Å²) in [6.07, 6.45) is 3.72. The number of aromatic amines is 1. The van der Waals surface area contributed by atoms with Gasteiger partial charge in [-0.15, -0.1) is 0 Å². The molecular formula is C31H37N3O4. The number of esters is 1. The Bertz CT molecular complexity index is 1290. The second kappa shape index (κ2) is 10.9. The van der Waals surface area contributed by atoms with E-state index in [9.17, 15) is 14.7 Å². The first kappa shape index (κ1) is 25.1. The molecular weight excluding hydrogens is 478 g/mol. The highest BCUT2D eigenvalue weighted by atomic mass is 16.5. The summed E-state index contributed by atoms with van der Waals surface area (Å²) in [6.45, 7) is 2.69. The van der Waals surface area contributed by atoms with Crippen molar-refractivity contribution in [3.8, 4) is 0 Å². The number of para-hydroxylation sites is 1. The molecule has 3 aliphatic rings. The van der Waals surface area contributed by atoms with Crippen LogP contribution in [-0.4, -0.2) is 52.6 Å². The summed E-state index contributed by atoms with van der Waals surface area (Å²) in [7, 11) is 0. The normalized spacial score (nSPS) is 26.7. The lowest BCUT2D eigenvalue weighted by atomic mass is 9.64. The number of nitrogens with one attached hydrogen (secondary N) is 2. The van der Waals surface area contributed by atoms with Gasteiger partial charge < -0.3 is 20.1 Å². The van der Waals surface area contributed by atoms with E-state index in [4.69, 9.17) is 4.74 Å². The molecule has 1 aromatic heterocycles. The van der Waals surface area contributed by atoms with Crippen molar-refractivity contribution in [1.29, 1.82) is 0 Å². The number of aliphatic hydroxyl groups excluding tert-OH is 1. The van der Waals surface area contributed by atoms with Gasteiger partial charge in [0.25, 0.3) is 0 Å². The minimum absolute atomic E-state index is 0.0778. The molecule has 0 radical (unpaired) electrons. The number of carbonyl (C=O) groups is 2. The second-order valence-corrected chi connectivity index (χ2v) is 11.2.